The lowest BCUT2D eigenvalue weighted by molar-refractivity contribution is -0.126. The zero-order chi connectivity index (χ0) is 17.4. The van der Waals surface area contributed by atoms with Gasteiger partial charge in [-0.05, 0) is 31.2 Å². The van der Waals surface area contributed by atoms with Crippen LogP contribution in [0.3, 0.4) is 0 Å². The van der Waals surface area contributed by atoms with E-state index in [9.17, 15) is 9.59 Å². The molecule has 1 aliphatic heterocycles. The lowest BCUT2D eigenvalue weighted by Gasteiger charge is -2.17. The van der Waals surface area contributed by atoms with Gasteiger partial charge in [-0.15, -0.1) is 21.5 Å². The normalized spacial score (nSPS) is 18.4. The number of carbonyl (C=O) groups is 2. The number of hydrogen-bond donors (Lipinski definition) is 1. The van der Waals surface area contributed by atoms with Crippen LogP contribution in [-0.2, 0) is 11.2 Å². The number of aromatic nitrogens is 3. The van der Waals surface area contributed by atoms with Crippen molar-refractivity contribution in [2.45, 2.75) is 42.6 Å². The van der Waals surface area contributed by atoms with Crippen molar-refractivity contribution in [1.29, 1.82) is 0 Å². The molecule has 1 aliphatic carbocycles. The third kappa shape index (κ3) is 3.43. The van der Waals surface area contributed by atoms with Crippen molar-refractivity contribution in [3.8, 4) is 0 Å². The van der Waals surface area contributed by atoms with Crippen LogP contribution in [0.25, 0.3) is 0 Å². The molecule has 0 spiro atoms. The van der Waals surface area contributed by atoms with E-state index < -0.39 is 0 Å². The molecule has 2 fully saturated rings. The molecule has 2 aromatic heterocycles. The SMILES string of the molecule is C[C@@H](Sc1nnc(Cc2cccs2)n1C1CC1)C(=O)N1CCNC1=O. The number of imide groups is 1. The summed E-state index contributed by atoms with van der Waals surface area (Å²) in [5, 5.41) is 13.8. The number of urea groups is 1. The summed E-state index contributed by atoms with van der Waals surface area (Å²) in [6.07, 6.45) is 3.01. The molecule has 7 nitrogen and oxygen atoms in total. The molecular weight excluding hydrogens is 358 g/mol. The Morgan fingerprint density at radius 2 is 2.32 bits per heavy atom. The molecule has 4 rings (SSSR count). The van der Waals surface area contributed by atoms with Gasteiger partial charge in [0.25, 0.3) is 0 Å². The van der Waals surface area contributed by atoms with Gasteiger partial charge in [0.05, 0.1) is 5.25 Å². The molecule has 1 atom stereocenters. The van der Waals surface area contributed by atoms with E-state index in [-0.39, 0.29) is 17.2 Å². The van der Waals surface area contributed by atoms with Gasteiger partial charge in [-0.2, -0.15) is 0 Å². The average Bonchev–Trinajstić information content (AvgIpc) is 2.98. The number of thioether (sulfide) groups is 1. The molecule has 0 bridgehead atoms. The number of thiophene rings is 1. The second-order valence-electron chi connectivity index (χ2n) is 6.24. The maximum absolute atomic E-state index is 12.5. The first-order chi connectivity index (χ1) is 12.1. The fourth-order valence-corrected chi connectivity index (χ4v) is 4.59. The Hall–Kier alpha value is -1.87. The van der Waals surface area contributed by atoms with Gasteiger partial charge in [0.2, 0.25) is 5.91 Å². The maximum Gasteiger partial charge on any atom is 0.324 e. The minimum absolute atomic E-state index is 0.176. The highest BCUT2D eigenvalue weighted by Crippen LogP contribution is 2.40. The number of nitrogens with one attached hydrogen (secondary N) is 1. The van der Waals surface area contributed by atoms with Crippen LogP contribution < -0.4 is 5.32 Å². The van der Waals surface area contributed by atoms with E-state index in [1.807, 2.05) is 13.0 Å². The van der Waals surface area contributed by atoms with Crippen molar-refractivity contribution < 1.29 is 9.59 Å². The van der Waals surface area contributed by atoms with E-state index in [1.165, 1.54) is 21.5 Å². The summed E-state index contributed by atoms with van der Waals surface area (Å²) in [5.41, 5.74) is 0. The van der Waals surface area contributed by atoms with Crippen LogP contribution in [0, 0.1) is 0 Å². The Kier molecular flexibility index (Phi) is 4.51. The zero-order valence-electron chi connectivity index (χ0n) is 13.8. The standard InChI is InChI=1S/C16H19N5O2S2/c1-10(14(22)20-7-6-17-15(20)23)25-16-19-18-13(21(16)11-4-5-11)9-12-3-2-8-24-12/h2-3,8,10-11H,4-7,9H2,1H3,(H,17,23)/t10-/m1/s1. The van der Waals surface area contributed by atoms with Crippen LogP contribution in [0.2, 0.25) is 0 Å². The average molecular weight is 377 g/mol. The molecule has 0 unspecified atom stereocenters. The Balaban J connectivity index is 1.51. The zero-order valence-corrected chi connectivity index (χ0v) is 15.5. The van der Waals surface area contributed by atoms with E-state index >= 15 is 0 Å². The van der Waals surface area contributed by atoms with Gasteiger partial charge in [-0.1, -0.05) is 17.8 Å². The first-order valence-corrected chi connectivity index (χ1v) is 10.1. The second kappa shape index (κ2) is 6.80. The monoisotopic (exact) mass is 377 g/mol. The molecule has 0 radical (unpaired) electrons. The molecule has 9 heteroatoms. The minimum atomic E-state index is -0.375. The highest BCUT2D eigenvalue weighted by atomic mass is 32.2. The predicted octanol–water partition coefficient (Wildman–Crippen LogP) is 2.30. The molecule has 1 saturated heterocycles. The molecule has 1 saturated carbocycles. The Morgan fingerprint density at radius 1 is 1.48 bits per heavy atom. The minimum Gasteiger partial charge on any atom is -0.336 e. The highest BCUT2D eigenvalue weighted by Gasteiger charge is 2.34. The molecule has 25 heavy (non-hydrogen) atoms. The van der Waals surface area contributed by atoms with Gasteiger partial charge in [0.15, 0.2) is 5.16 Å². The van der Waals surface area contributed by atoms with Crippen LogP contribution in [0.4, 0.5) is 4.79 Å². The lowest BCUT2D eigenvalue weighted by atomic mass is 10.3. The smallest absolute Gasteiger partial charge is 0.324 e. The Morgan fingerprint density at radius 3 is 2.96 bits per heavy atom. The number of amides is 3. The Bertz CT molecular complexity index is 785. The highest BCUT2D eigenvalue weighted by molar-refractivity contribution is 8.00. The second-order valence-corrected chi connectivity index (χ2v) is 8.58. The number of hydrogen-bond acceptors (Lipinski definition) is 6. The van der Waals surface area contributed by atoms with Crippen molar-refractivity contribution >= 4 is 35.0 Å². The van der Waals surface area contributed by atoms with Gasteiger partial charge >= 0.3 is 6.03 Å². The van der Waals surface area contributed by atoms with Crippen molar-refractivity contribution in [2.24, 2.45) is 0 Å². The van der Waals surface area contributed by atoms with E-state index in [2.05, 4.69) is 31.5 Å². The molecule has 0 aromatic carbocycles. The summed E-state index contributed by atoms with van der Waals surface area (Å²) in [5.74, 6) is 0.774. The van der Waals surface area contributed by atoms with Crippen LogP contribution in [0.15, 0.2) is 22.7 Å². The van der Waals surface area contributed by atoms with Crippen LogP contribution in [0.5, 0.6) is 0 Å². The molecule has 3 heterocycles. The molecule has 1 N–H and O–H groups in total. The van der Waals surface area contributed by atoms with E-state index in [1.54, 1.807) is 11.3 Å². The molecule has 2 aliphatic rings. The fourth-order valence-electron chi connectivity index (χ4n) is 2.89. The molecule has 3 amide bonds. The van der Waals surface area contributed by atoms with Gasteiger partial charge in [0.1, 0.15) is 5.82 Å². The van der Waals surface area contributed by atoms with Crippen molar-refractivity contribution in [2.75, 3.05) is 13.1 Å². The third-order valence-corrected chi connectivity index (χ3v) is 6.23. The summed E-state index contributed by atoms with van der Waals surface area (Å²) in [4.78, 5) is 26.7. The maximum atomic E-state index is 12.5. The van der Waals surface area contributed by atoms with E-state index in [0.29, 0.717) is 19.1 Å². The quantitative estimate of drug-likeness (QED) is 0.782. The number of carbonyl (C=O) groups excluding carboxylic acids is 2. The van der Waals surface area contributed by atoms with Crippen LogP contribution in [0.1, 0.15) is 36.5 Å². The van der Waals surface area contributed by atoms with Crippen molar-refractivity contribution in [1.82, 2.24) is 25.0 Å². The third-order valence-electron chi connectivity index (χ3n) is 4.31. The summed E-state index contributed by atoms with van der Waals surface area (Å²) in [7, 11) is 0. The number of rotatable bonds is 6. The predicted molar refractivity (Wildman–Crippen MR) is 95.8 cm³/mol. The fraction of sp³-hybridized carbons (Fsp3) is 0.500. The number of nitrogens with zero attached hydrogens (tertiary/aromatic N) is 4. The summed E-state index contributed by atoms with van der Waals surface area (Å²) < 4.78 is 2.18. The molecule has 2 aromatic rings. The molecule has 132 valence electrons. The summed E-state index contributed by atoms with van der Waals surface area (Å²) in [6.45, 7) is 2.77. The van der Waals surface area contributed by atoms with Crippen molar-refractivity contribution in [3.05, 3.63) is 28.2 Å². The van der Waals surface area contributed by atoms with Gasteiger partial charge in [0, 0.05) is 30.4 Å². The summed E-state index contributed by atoms with van der Waals surface area (Å²) in [6, 6.07) is 4.26. The lowest BCUT2D eigenvalue weighted by Crippen LogP contribution is -2.39. The van der Waals surface area contributed by atoms with Gasteiger partial charge in [-0.25, -0.2) is 4.79 Å². The molecular formula is C16H19N5O2S2. The summed E-state index contributed by atoms with van der Waals surface area (Å²) >= 11 is 3.10. The van der Waals surface area contributed by atoms with Crippen LogP contribution in [-0.4, -0.2) is 49.9 Å². The van der Waals surface area contributed by atoms with E-state index in [4.69, 9.17) is 0 Å². The van der Waals surface area contributed by atoms with Crippen LogP contribution >= 0.6 is 23.1 Å². The largest absolute Gasteiger partial charge is 0.336 e. The topological polar surface area (TPSA) is 80.1 Å². The van der Waals surface area contributed by atoms with E-state index in [0.717, 1.165) is 30.2 Å². The first kappa shape index (κ1) is 16.6. The van der Waals surface area contributed by atoms with Crippen molar-refractivity contribution in [3.63, 3.8) is 0 Å². The van der Waals surface area contributed by atoms with Gasteiger partial charge < -0.3 is 9.88 Å². The first-order valence-electron chi connectivity index (χ1n) is 8.35. The van der Waals surface area contributed by atoms with Gasteiger partial charge in [-0.3, -0.25) is 9.69 Å². The Labute approximate surface area is 153 Å².